The fraction of sp³-hybridized carbons (Fsp3) is 0.444. The van der Waals surface area contributed by atoms with E-state index in [1.54, 1.807) is 24.3 Å². The number of fused-ring (bicyclic) bond motifs is 1. The highest BCUT2D eigenvalue weighted by molar-refractivity contribution is 6.21. The Morgan fingerprint density at radius 2 is 1.44 bits per heavy atom. The largest absolute Gasteiger partial charge is 0.349 e. The summed E-state index contributed by atoms with van der Waals surface area (Å²) < 4.78 is 0. The third kappa shape index (κ3) is 5.09. The minimum absolute atomic E-state index is 0.111. The van der Waals surface area contributed by atoms with Crippen LogP contribution in [0, 0.1) is 5.92 Å². The van der Waals surface area contributed by atoms with Gasteiger partial charge in [-0.3, -0.25) is 19.3 Å². The molecule has 0 radical (unpaired) electrons. The molecule has 0 unspecified atom stereocenters. The number of nitrogens with one attached hydrogen (secondary N) is 1. The molecule has 0 spiro atoms. The summed E-state index contributed by atoms with van der Waals surface area (Å²) in [4.78, 5) is 38.8. The molecule has 4 rings (SSSR count). The Morgan fingerprint density at radius 1 is 0.844 bits per heavy atom. The highest BCUT2D eigenvalue weighted by Gasteiger charge is 2.34. The molecule has 5 heteroatoms. The first kappa shape index (κ1) is 22.3. The SMILES string of the molecule is O=C(CCCCCCN1C(=O)c2ccccc2C1=O)N[C@@H](c1ccccc1)C1CCCC1. The molecule has 0 bridgehead atoms. The Bertz CT molecular complexity index is 915. The lowest BCUT2D eigenvalue weighted by Crippen LogP contribution is -2.32. The van der Waals surface area contributed by atoms with Crippen molar-refractivity contribution >= 4 is 17.7 Å². The zero-order valence-corrected chi connectivity index (χ0v) is 18.6. The van der Waals surface area contributed by atoms with Crippen LogP contribution in [0.5, 0.6) is 0 Å². The zero-order chi connectivity index (χ0) is 22.3. The van der Waals surface area contributed by atoms with E-state index in [2.05, 4.69) is 17.4 Å². The Labute approximate surface area is 190 Å². The van der Waals surface area contributed by atoms with Gasteiger partial charge in [0.1, 0.15) is 0 Å². The van der Waals surface area contributed by atoms with Crippen molar-refractivity contribution < 1.29 is 14.4 Å². The maximum Gasteiger partial charge on any atom is 0.261 e. The van der Waals surface area contributed by atoms with Crippen molar-refractivity contribution in [3.63, 3.8) is 0 Å². The summed E-state index contributed by atoms with van der Waals surface area (Å²) in [7, 11) is 0. The standard InChI is InChI=1S/C27H32N2O3/c30-24(28-25(21-14-7-8-15-21)20-12-4-3-5-13-20)18-6-1-2-11-19-29-26(31)22-16-9-10-17-23(22)27(29)32/h3-5,9-10,12-13,16-17,21,25H,1-2,6-8,11,14-15,18-19H2,(H,28,30)/t25-/m0/s1. The molecular weight excluding hydrogens is 400 g/mol. The molecule has 2 aliphatic rings. The van der Waals surface area contributed by atoms with Crippen LogP contribution in [0.25, 0.3) is 0 Å². The number of unbranched alkanes of at least 4 members (excludes halogenated alkanes) is 3. The predicted octanol–water partition coefficient (Wildman–Crippen LogP) is 5.28. The predicted molar refractivity (Wildman–Crippen MR) is 124 cm³/mol. The number of imide groups is 1. The quantitative estimate of drug-likeness (QED) is 0.410. The van der Waals surface area contributed by atoms with Gasteiger partial charge in [-0.2, -0.15) is 0 Å². The average Bonchev–Trinajstić information content (AvgIpc) is 3.43. The van der Waals surface area contributed by atoms with Crippen molar-refractivity contribution in [3.05, 3.63) is 71.3 Å². The Kier molecular flexibility index (Phi) is 7.35. The van der Waals surface area contributed by atoms with Gasteiger partial charge in [-0.15, -0.1) is 0 Å². The summed E-state index contributed by atoms with van der Waals surface area (Å²) in [5, 5.41) is 3.30. The van der Waals surface area contributed by atoms with Crippen LogP contribution in [0.2, 0.25) is 0 Å². The van der Waals surface area contributed by atoms with Crippen LogP contribution in [-0.2, 0) is 4.79 Å². The van der Waals surface area contributed by atoms with Crippen LogP contribution >= 0.6 is 0 Å². The monoisotopic (exact) mass is 432 g/mol. The lowest BCUT2D eigenvalue weighted by Gasteiger charge is -2.25. The van der Waals surface area contributed by atoms with Crippen LogP contribution in [0.3, 0.4) is 0 Å². The molecule has 168 valence electrons. The second-order valence-electron chi connectivity index (χ2n) is 8.97. The summed E-state index contributed by atoms with van der Waals surface area (Å²) in [5.41, 5.74) is 2.21. The molecule has 1 saturated carbocycles. The minimum atomic E-state index is -0.191. The number of hydrogen-bond donors (Lipinski definition) is 1. The summed E-state index contributed by atoms with van der Waals surface area (Å²) >= 11 is 0. The van der Waals surface area contributed by atoms with Crippen molar-refractivity contribution in [2.24, 2.45) is 5.92 Å². The van der Waals surface area contributed by atoms with Gasteiger partial charge in [-0.05, 0) is 49.3 Å². The average molecular weight is 433 g/mol. The van der Waals surface area contributed by atoms with Crippen molar-refractivity contribution in [1.29, 1.82) is 0 Å². The van der Waals surface area contributed by atoms with Crippen molar-refractivity contribution in [1.82, 2.24) is 10.2 Å². The van der Waals surface area contributed by atoms with Gasteiger partial charge in [0.2, 0.25) is 5.91 Å². The van der Waals surface area contributed by atoms with Crippen molar-refractivity contribution in [2.75, 3.05) is 6.54 Å². The summed E-state index contributed by atoms with van der Waals surface area (Å²) in [6.45, 7) is 0.441. The van der Waals surface area contributed by atoms with Gasteiger partial charge in [0.15, 0.2) is 0 Å². The van der Waals surface area contributed by atoms with Crippen LogP contribution in [0.1, 0.15) is 90.1 Å². The molecule has 2 aromatic rings. The molecule has 1 fully saturated rings. The van der Waals surface area contributed by atoms with E-state index >= 15 is 0 Å². The Balaban J connectivity index is 1.18. The van der Waals surface area contributed by atoms with E-state index in [0.717, 1.165) is 25.7 Å². The Hall–Kier alpha value is -2.95. The van der Waals surface area contributed by atoms with Gasteiger partial charge >= 0.3 is 0 Å². The maximum atomic E-state index is 12.6. The first-order valence-corrected chi connectivity index (χ1v) is 11.9. The molecule has 3 amide bonds. The molecule has 1 atom stereocenters. The van der Waals surface area contributed by atoms with E-state index in [1.807, 2.05) is 18.2 Å². The highest BCUT2D eigenvalue weighted by atomic mass is 16.2. The van der Waals surface area contributed by atoms with Crippen molar-refractivity contribution in [3.8, 4) is 0 Å². The number of benzene rings is 2. The molecule has 1 aliphatic carbocycles. The smallest absolute Gasteiger partial charge is 0.261 e. The molecule has 0 saturated heterocycles. The fourth-order valence-electron chi connectivity index (χ4n) is 5.02. The summed E-state index contributed by atoms with van der Waals surface area (Å²) in [6, 6.07) is 17.4. The van der Waals surface area contributed by atoms with Gasteiger partial charge in [0.25, 0.3) is 11.8 Å². The minimum Gasteiger partial charge on any atom is -0.349 e. The molecular formula is C27H32N2O3. The lowest BCUT2D eigenvalue weighted by molar-refractivity contribution is -0.122. The van der Waals surface area contributed by atoms with Crippen LogP contribution in [-0.4, -0.2) is 29.2 Å². The molecule has 2 aromatic carbocycles. The molecule has 1 aliphatic heterocycles. The maximum absolute atomic E-state index is 12.6. The molecule has 32 heavy (non-hydrogen) atoms. The number of rotatable bonds is 10. The van der Waals surface area contributed by atoms with Crippen LogP contribution in [0.15, 0.2) is 54.6 Å². The van der Waals surface area contributed by atoms with Gasteiger partial charge in [-0.1, -0.05) is 68.1 Å². The van der Waals surface area contributed by atoms with Crippen LogP contribution < -0.4 is 5.32 Å². The summed E-state index contributed by atoms with van der Waals surface area (Å²) in [5.74, 6) is 0.264. The van der Waals surface area contributed by atoms with Crippen LogP contribution in [0.4, 0.5) is 0 Å². The van der Waals surface area contributed by atoms with Gasteiger partial charge in [0, 0.05) is 13.0 Å². The first-order chi connectivity index (χ1) is 15.6. The molecule has 1 N–H and O–H groups in total. The lowest BCUT2D eigenvalue weighted by atomic mass is 9.91. The number of carbonyl (C=O) groups is 3. The van der Waals surface area contributed by atoms with E-state index in [1.165, 1.54) is 36.1 Å². The van der Waals surface area contributed by atoms with Crippen molar-refractivity contribution in [2.45, 2.75) is 63.8 Å². The van der Waals surface area contributed by atoms with Gasteiger partial charge in [-0.25, -0.2) is 0 Å². The van der Waals surface area contributed by atoms with Gasteiger partial charge in [0.05, 0.1) is 17.2 Å². The number of hydrogen-bond acceptors (Lipinski definition) is 3. The molecule has 0 aromatic heterocycles. The second-order valence-corrected chi connectivity index (χ2v) is 8.97. The Morgan fingerprint density at radius 3 is 2.09 bits per heavy atom. The molecule has 5 nitrogen and oxygen atoms in total. The normalized spacial score (nSPS) is 16.9. The second kappa shape index (κ2) is 10.6. The molecule has 1 heterocycles. The summed E-state index contributed by atoms with van der Waals surface area (Å²) in [6.07, 6.45) is 8.76. The van der Waals surface area contributed by atoms with E-state index in [9.17, 15) is 14.4 Å². The number of nitrogens with zero attached hydrogens (tertiary/aromatic N) is 1. The zero-order valence-electron chi connectivity index (χ0n) is 18.6. The van der Waals surface area contributed by atoms with E-state index in [4.69, 9.17) is 0 Å². The third-order valence-electron chi connectivity index (χ3n) is 6.76. The van der Waals surface area contributed by atoms with E-state index in [0.29, 0.717) is 30.0 Å². The third-order valence-corrected chi connectivity index (χ3v) is 6.76. The number of amides is 3. The topological polar surface area (TPSA) is 66.5 Å². The van der Waals surface area contributed by atoms with E-state index in [-0.39, 0.29) is 23.8 Å². The highest BCUT2D eigenvalue weighted by Crippen LogP contribution is 2.35. The van der Waals surface area contributed by atoms with E-state index < -0.39 is 0 Å². The first-order valence-electron chi connectivity index (χ1n) is 11.9. The fourth-order valence-corrected chi connectivity index (χ4v) is 5.02. The van der Waals surface area contributed by atoms with Gasteiger partial charge < -0.3 is 5.32 Å². The number of carbonyl (C=O) groups excluding carboxylic acids is 3.